The highest BCUT2D eigenvalue weighted by molar-refractivity contribution is 5.75. The molecule has 1 aliphatic heterocycles. The molecule has 0 atom stereocenters. The lowest BCUT2D eigenvalue weighted by Crippen LogP contribution is -2.32. The molecule has 0 aromatic carbocycles. The minimum Gasteiger partial charge on any atom is -0.493 e. The van der Waals surface area contributed by atoms with Crippen molar-refractivity contribution in [3.8, 4) is 28.4 Å². The number of ether oxygens (including phenoxy) is 1. The summed E-state index contributed by atoms with van der Waals surface area (Å²) in [4.78, 5) is 16.3. The second-order valence-corrected chi connectivity index (χ2v) is 8.88. The highest BCUT2D eigenvalue weighted by Gasteiger charge is 2.24. The minimum atomic E-state index is 0.228. The molecule has 9 heteroatoms. The number of nitrogens with one attached hydrogen (secondary N) is 1. The van der Waals surface area contributed by atoms with Gasteiger partial charge in [-0.3, -0.25) is 15.1 Å². The number of aromatic amines is 1. The molecule has 0 amide bonds. The number of pyridine rings is 1. The summed E-state index contributed by atoms with van der Waals surface area (Å²) in [5.74, 6) is 1.37. The van der Waals surface area contributed by atoms with Crippen LogP contribution < -0.4 is 4.74 Å². The van der Waals surface area contributed by atoms with Gasteiger partial charge in [0.1, 0.15) is 17.7 Å². The van der Waals surface area contributed by atoms with Gasteiger partial charge in [0, 0.05) is 29.4 Å². The van der Waals surface area contributed by atoms with Crippen LogP contribution in [-0.2, 0) is 0 Å². The van der Waals surface area contributed by atoms with E-state index in [-0.39, 0.29) is 5.92 Å². The van der Waals surface area contributed by atoms with Crippen LogP contribution in [0.25, 0.3) is 28.3 Å². The lowest BCUT2D eigenvalue weighted by atomic mass is 9.93. The molecule has 0 bridgehead atoms. The molecule has 0 saturated carbocycles. The van der Waals surface area contributed by atoms with Gasteiger partial charge in [0.05, 0.1) is 24.7 Å². The molecule has 0 aliphatic carbocycles. The quantitative estimate of drug-likeness (QED) is 0.480. The number of methoxy groups -OCH3 is 1. The number of piperidine rings is 1. The van der Waals surface area contributed by atoms with Crippen molar-refractivity contribution in [1.29, 1.82) is 0 Å². The summed E-state index contributed by atoms with van der Waals surface area (Å²) in [6.07, 6.45) is 9.54. The fourth-order valence-electron chi connectivity index (χ4n) is 4.73. The predicted octanol–water partition coefficient (Wildman–Crippen LogP) is 3.91. The Balaban J connectivity index is 1.48. The second kappa shape index (κ2) is 8.90. The van der Waals surface area contributed by atoms with Crippen molar-refractivity contribution in [1.82, 2.24) is 39.7 Å². The first-order chi connectivity index (χ1) is 16.1. The van der Waals surface area contributed by atoms with Crippen molar-refractivity contribution < 1.29 is 4.74 Å². The summed E-state index contributed by atoms with van der Waals surface area (Å²) in [7, 11) is 1.64. The van der Waals surface area contributed by atoms with Gasteiger partial charge in [-0.15, -0.1) is 0 Å². The van der Waals surface area contributed by atoms with Crippen LogP contribution in [-0.4, -0.2) is 66.4 Å². The van der Waals surface area contributed by atoms with Crippen LogP contribution in [0.5, 0.6) is 5.75 Å². The monoisotopic (exact) mass is 446 g/mol. The van der Waals surface area contributed by atoms with E-state index >= 15 is 0 Å². The molecule has 1 N–H and O–H groups in total. The van der Waals surface area contributed by atoms with Gasteiger partial charge < -0.3 is 9.64 Å². The minimum absolute atomic E-state index is 0.228. The van der Waals surface area contributed by atoms with E-state index in [0.29, 0.717) is 17.3 Å². The summed E-state index contributed by atoms with van der Waals surface area (Å²) < 4.78 is 7.26. The van der Waals surface area contributed by atoms with E-state index in [1.54, 1.807) is 11.6 Å². The van der Waals surface area contributed by atoms with Crippen LogP contribution >= 0.6 is 0 Å². The van der Waals surface area contributed by atoms with Gasteiger partial charge in [0.2, 0.25) is 0 Å². The molecule has 4 aromatic heterocycles. The van der Waals surface area contributed by atoms with Crippen molar-refractivity contribution in [2.24, 2.45) is 0 Å². The largest absolute Gasteiger partial charge is 0.493 e. The van der Waals surface area contributed by atoms with Gasteiger partial charge in [0.25, 0.3) is 0 Å². The van der Waals surface area contributed by atoms with Crippen LogP contribution in [0.3, 0.4) is 0 Å². The summed E-state index contributed by atoms with van der Waals surface area (Å²) in [5, 5.41) is 12.2. The van der Waals surface area contributed by atoms with E-state index in [1.165, 1.54) is 6.33 Å². The third kappa shape index (κ3) is 3.97. The third-order valence-electron chi connectivity index (χ3n) is 6.60. The average molecular weight is 447 g/mol. The van der Waals surface area contributed by atoms with E-state index < -0.39 is 0 Å². The molecular weight excluding hydrogens is 416 g/mol. The second-order valence-electron chi connectivity index (χ2n) is 8.88. The maximum Gasteiger partial charge on any atom is 0.197 e. The van der Waals surface area contributed by atoms with E-state index in [4.69, 9.17) is 14.7 Å². The molecular formula is C24H30N8O. The summed E-state index contributed by atoms with van der Waals surface area (Å²) in [6.45, 7) is 9.92. The maximum absolute atomic E-state index is 5.54. The Labute approximate surface area is 193 Å². The van der Waals surface area contributed by atoms with Gasteiger partial charge >= 0.3 is 0 Å². The Kier molecular flexibility index (Phi) is 5.80. The number of aromatic nitrogens is 7. The fraction of sp³-hybridized carbons (Fsp3) is 0.458. The molecule has 1 aliphatic rings. The van der Waals surface area contributed by atoms with Crippen molar-refractivity contribution >= 4 is 5.65 Å². The fourth-order valence-corrected chi connectivity index (χ4v) is 4.73. The molecule has 5 rings (SSSR count). The number of rotatable bonds is 6. The zero-order valence-electron chi connectivity index (χ0n) is 19.6. The van der Waals surface area contributed by atoms with Crippen LogP contribution in [0.15, 0.2) is 31.0 Å². The van der Waals surface area contributed by atoms with Gasteiger partial charge in [0.15, 0.2) is 11.4 Å². The molecule has 0 radical (unpaired) electrons. The molecule has 0 spiro atoms. The number of hydrogen-bond acceptors (Lipinski definition) is 7. The lowest BCUT2D eigenvalue weighted by Gasteiger charge is -2.30. The zero-order valence-corrected chi connectivity index (χ0v) is 19.6. The number of H-pyrrole nitrogens is 1. The molecule has 172 valence electrons. The Bertz CT molecular complexity index is 1240. The Morgan fingerprint density at radius 3 is 2.64 bits per heavy atom. The van der Waals surface area contributed by atoms with E-state index in [9.17, 15) is 0 Å². The zero-order chi connectivity index (χ0) is 22.9. The summed E-state index contributed by atoms with van der Waals surface area (Å²) in [6, 6.07) is 1.96. The molecule has 1 fully saturated rings. The van der Waals surface area contributed by atoms with Crippen LogP contribution in [0.2, 0.25) is 0 Å². The summed E-state index contributed by atoms with van der Waals surface area (Å²) in [5.41, 5.74) is 6.32. The Hall–Kier alpha value is -3.33. The highest BCUT2D eigenvalue weighted by atomic mass is 16.5. The summed E-state index contributed by atoms with van der Waals surface area (Å²) >= 11 is 0. The standard InChI is InChI=1S/C24H30N8O/c1-5-31-8-6-16(7-9-31)18-11-26-19(12-25-18)23-21(15(2)3)22(29-30-23)17-10-20(33-4)24-27-14-28-32(24)13-17/h10-16H,5-9H2,1-4H3,(H,29,30). The SMILES string of the molecule is CCN1CCC(c2cnc(-c3n[nH]c(-c4cc(OC)c5ncnn5c4)c3C(C)C)cn2)CC1. The van der Waals surface area contributed by atoms with Crippen LogP contribution in [0, 0.1) is 0 Å². The number of fused-ring (bicyclic) bond motifs is 1. The van der Waals surface area contributed by atoms with Crippen molar-refractivity contribution in [2.75, 3.05) is 26.7 Å². The lowest BCUT2D eigenvalue weighted by molar-refractivity contribution is 0.220. The van der Waals surface area contributed by atoms with Crippen LogP contribution in [0.4, 0.5) is 0 Å². The molecule has 33 heavy (non-hydrogen) atoms. The van der Waals surface area contributed by atoms with Gasteiger partial charge in [-0.1, -0.05) is 20.8 Å². The van der Waals surface area contributed by atoms with Crippen LogP contribution in [0.1, 0.15) is 56.7 Å². The first-order valence-corrected chi connectivity index (χ1v) is 11.6. The van der Waals surface area contributed by atoms with Gasteiger partial charge in [-0.2, -0.15) is 10.2 Å². The Morgan fingerprint density at radius 2 is 1.97 bits per heavy atom. The topological polar surface area (TPSA) is 97.1 Å². The first kappa shape index (κ1) is 21.5. The number of likely N-dealkylation sites (tertiary alicyclic amines) is 1. The third-order valence-corrected chi connectivity index (χ3v) is 6.60. The van der Waals surface area contributed by atoms with Crippen molar-refractivity contribution in [3.05, 3.63) is 42.2 Å². The molecule has 5 heterocycles. The first-order valence-electron chi connectivity index (χ1n) is 11.6. The van der Waals surface area contributed by atoms with E-state index in [1.807, 2.05) is 24.7 Å². The maximum atomic E-state index is 5.54. The number of hydrogen-bond donors (Lipinski definition) is 1. The highest BCUT2D eigenvalue weighted by Crippen LogP contribution is 2.36. The predicted molar refractivity (Wildman–Crippen MR) is 126 cm³/mol. The van der Waals surface area contributed by atoms with Gasteiger partial charge in [-0.25, -0.2) is 9.50 Å². The van der Waals surface area contributed by atoms with E-state index in [2.05, 4.69) is 46.0 Å². The molecule has 4 aromatic rings. The normalized spacial score (nSPS) is 15.5. The average Bonchev–Trinajstić information content (AvgIpc) is 3.51. The smallest absolute Gasteiger partial charge is 0.197 e. The molecule has 0 unspecified atom stereocenters. The molecule has 9 nitrogen and oxygen atoms in total. The number of nitrogens with zero attached hydrogens (tertiary/aromatic N) is 7. The molecule has 1 saturated heterocycles. The van der Waals surface area contributed by atoms with Crippen molar-refractivity contribution in [3.63, 3.8) is 0 Å². The van der Waals surface area contributed by atoms with Crippen molar-refractivity contribution in [2.45, 2.75) is 45.4 Å². The van der Waals surface area contributed by atoms with Gasteiger partial charge in [-0.05, 0) is 44.5 Å². The van der Waals surface area contributed by atoms with E-state index in [0.717, 1.165) is 66.4 Å². The Morgan fingerprint density at radius 1 is 1.15 bits per heavy atom.